The maximum absolute atomic E-state index is 12.7. The van der Waals surface area contributed by atoms with Crippen LogP contribution < -0.4 is 16.0 Å². The van der Waals surface area contributed by atoms with Crippen LogP contribution in [-0.2, 0) is 6.54 Å². The monoisotopic (exact) mass is 300 g/mol. The van der Waals surface area contributed by atoms with Crippen molar-refractivity contribution in [1.82, 2.24) is 4.57 Å². The predicted molar refractivity (Wildman–Crippen MR) is 90.3 cm³/mol. The van der Waals surface area contributed by atoms with E-state index in [2.05, 4.69) is 6.92 Å². The molecule has 1 heterocycles. The fraction of sp³-hybridized carbons (Fsp3) is 0.389. The van der Waals surface area contributed by atoms with E-state index in [0.717, 1.165) is 29.0 Å². The van der Waals surface area contributed by atoms with Crippen molar-refractivity contribution in [2.75, 3.05) is 7.11 Å². The first-order chi connectivity index (χ1) is 10.5. The number of nitrogens with zero attached hydrogens (tertiary/aromatic N) is 1. The van der Waals surface area contributed by atoms with Gasteiger partial charge in [-0.3, -0.25) is 4.79 Å². The Morgan fingerprint density at radius 3 is 2.59 bits per heavy atom. The molecule has 0 aliphatic rings. The lowest BCUT2D eigenvalue weighted by Crippen LogP contribution is -2.28. The first-order valence-corrected chi connectivity index (χ1v) is 7.64. The zero-order valence-electron chi connectivity index (χ0n) is 13.7. The number of rotatable bonds is 5. The first-order valence-electron chi connectivity index (χ1n) is 7.64. The van der Waals surface area contributed by atoms with Crippen molar-refractivity contribution in [3.8, 4) is 17.0 Å². The van der Waals surface area contributed by atoms with Gasteiger partial charge >= 0.3 is 0 Å². The van der Waals surface area contributed by atoms with Crippen LogP contribution in [0.3, 0.4) is 0 Å². The second-order valence-electron chi connectivity index (χ2n) is 5.62. The average Bonchev–Trinajstić information content (AvgIpc) is 2.49. The molecule has 2 aromatic rings. The minimum atomic E-state index is -0.274. The minimum absolute atomic E-state index is 0.0158. The number of aryl methyl sites for hydroxylation is 1. The smallest absolute Gasteiger partial charge is 0.255 e. The van der Waals surface area contributed by atoms with E-state index in [1.807, 2.05) is 44.2 Å². The molecule has 0 aliphatic carbocycles. The molecule has 2 rings (SSSR count). The molecule has 1 unspecified atom stereocenters. The van der Waals surface area contributed by atoms with Crippen molar-refractivity contribution < 1.29 is 4.74 Å². The first kappa shape index (κ1) is 16.3. The predicted octanol–water partition coefficient (Wildman–Crippen LogP) is 3.26. The van der Waals surface area contributed by atoms with E-state index in [1.54, 1.807) is 11.7 Å². The van der Waals surface area contributed by atoms with Gasteiger partial charge in [0.2, 0.25) is 0 Å². The third kappa shape index (κ3) is 3.07. The minimum Gasteiger partial charge on any atom is -0.496 e. The maximum atomic E-state index is 12.7. The lowest BCUT2D eigenvalue weighted by molar-refractivity contribution is 0.416. The molecule has 1 aromatic carbocycles. The summed E-state index contributed by atoms with van der Waals surface area (Å²) in [7, 11) is 1.65. The van der Waals surface area contributed by atoms with Crippen LogP contribution in [0.4, 0.5) is 0 Å². The fourth-order valence-electron chi connectivity index (χ4n) is 2.64. The summed E-state index contributed by atoms with van der Waals surface area (Å²) in [6, 6.07) is 9.50. The zero-order chi connectivity index (χ0) is 16.3. The number of benzene rings is 1. The zero-order valence-corrected chi connectivity index (χ0v) is 13.7. The number of hydrogen-bond acceptors (Lipinski definition) is 3. The SMILES string of the molecule is CCCn1c(-c2cc(C)ccc2OC)ccc(C(C)N)c1=O. The quantitative estimate of drug-likeness (QED) is 0.922. The molecule has 0 spiro atoms. The van der Waals surface area contributed by atoms with E-state index in [9.17, 15) is 4.79 Å². The van der Waals surface area contributed by atoms with Crippen molar-refractivity contribution in [3.05, 3.63) is 51.8 Å². The summed E-state index contributed by atoms with van der Waals surface area (Å²) in [5, 5.41) is 0. The summed E-state index contributed by atoms with van der Waals surface area (Å²) in [5.74, 6) is 0.767. The molecule has 0 saturated carbocycles. The molecule has 0 radical (unpaired) electrons. The fourth-order valence-corrected chi connectivity index (χ4v) is 2.64. The Kier molecular flexibility index (Phi) is 5.03. The van der Waals surface area contributed by atoms with Crippen molar-refractivity contribution in [3.63, 3.8) is 0 Å². The van der Waals surface area contributed by atoms with Crippen LogP contribution in [0, 0.1) is 6.92 Å². The second-order valence-corrected chi connectivity index (χ2v) is 5.62. The number of aromatic nitrogens is 1. The van der Waals surface area contributed by atoms with Crippen LogP contribution in [0.15, 0.2) is 35.1 Å². The van der Waals surface area contributed by atoms with Crippen LogP contribution in [0.25, 0.3) is 11.3 Å². The molecular formula is C18H24N2O2. The summed E-state index contributed by atoms with van der Waals surface area (Å²) < 4.78 is 7.27. The normalized spacial score (nSPS) is 12.2. The van der Waals surface area contributed by atoms with Crippen molar-refractivity contribution in [2.45, 2.75) is 39.8 Å². The lowest BCUT2D eigenvalue weighted by atomic mass is 10.0. The molecule has 1 aromatic heterocycles. The summed E-state index contributed by atoms with van der Waals surface area (Å²) in [6.45, 7) is 6.58. The molecule has 4 heteroatoms. The van der Waals surface area contributed by atoms with Gasteiger partial charge in [-0.05, 0) is 44.5 Å². The molecule has 22 heavy (non-hydrogen) atoms. The lowest BCUT2D eigenvalue weighted by Gasteiger charge is -2.18. The van der Waals surface area contributed by atoms with Gasteiger partial charge < -0.3 is 15.0 Å². The molecule has 0 amide bonds. The highest BCUT2D eigenvalue weighted by Crippen LogP contribution is 2.30. The summed E-state index contributed by atoms with van der Waals surface area (Å²) in [4.78, 5) is 12.7. The van der Waals surface area contributed by atoms with Gasteiger partial charge in [0.25, 0.3) is 5.56 Å². The van der Waals surface area contributed by atoms with Gasteiger partial charge in [0.15, 0.2) is 0 Å². The van der Waals surface area contributed by atoms with Gasteiger partial charge in [0, 0.05) is 23.7 Å². The summed E-state index contributed by atoms with van der Waals surface area (Å²) in [6.07, 6.45) is 0.878. The largest absolute Gasteiger partial charge is 0.496 e. The highest BCUT2D eigenvalue weighted by Gasteiger charge is 2.15. The molecule has 0 saturated heterocycles. The molecule has 1 atom stereocenters. The number of nitrogens with two attached hydrogens (primary N) is 1. The average molecular weight is 300 g/mol. The third-order valence-corrected chi connectivity index (χ3v) is 3.77. The van der Waals surface area contributed by atoms with E-state index in [1.165, 1.54) is 0 Å². The summed E-state index contributed by atoms with van der Waals surface area (Å²) in [5.41, 5.74) is 9.47. The van der Waals surface area contributed by atoms with E-state index in [0.29, 0.717) is 12.1 Å². The van der Waals surface area contributed by atoms with Crippen LogP contribution in [0.1, 0.15) is 37.4 Å². The third-order valence-electron chi connectivity index (χ3n) is 3.77. The van der Waals surface area contributed by atoms with Crippen molar-refractivity contribution in [2.24, 2.45) is 5.73 Å². The van der Waals surface area contributed by atoms with E-state index in [4.69, 9.17) is 10.5 Å². The molecular weight excluding hydrogens is 276 g/mol. The van der Waals surface area contributed by atoms with Gasteiger partial charge in [0.1, 0.15) is 5.75 Å². The highest BCUT2D eigenvalue weighted by atomic mass is 16.5. The number of hydrogen-bond donors (Lipinski definition) is 1. The number of methoxy groups -OCH3 is 1. The van der Waals surface area contributed by atoms with E-state index < -0.39 is 0 Å². The maximum Gasteiger partial charge on any atom is 0.255 e. The van der Waals surface area contributed by atoms with Gasteiger partial charge in [-0.2, -0.15) is 0 Å². The van der Waals surface area contributed by atoms with E-state index in [-0.39, 0.29) is 11.6 Å². The van der Waals surface area contributed by atoms with Gasteiger partial charge in [0.05, 0.1) is 12.8 Å². The molecule has 2 N–H and O–H groups in total. The van der Waals surface area contributed by atoms with Crippen LogP contribution in [-0.4, -0.2) is 11.7 Å². The van der Waals surface area contributed by atoms with Crippen LogP contribution in [0.5, 0.6) is 5.75 Å². The molecule has 0 fully saturated rings. The Hall–Kier alpha value is -2.07. The highest BCUT2D eigenvalue weighted by molar-refractivity contribution is 5.68. The van der Waals surface area contributed by atoms with Crippen molar-refractivity contribution >= 4 is 0 Å². The van der Waals surface area contributed by atoms with E-state index >= 15 is 0 Å². The van der Waals surface area contributed by atoms with Gasteiger partial charge in [-0.25, -0.2) is 0 Å². The number of pyridine rings is 1. The Morgan fingerprint density at radius 1 is 1.27 bits per heavy atom. The van der Waals surface area contributed by atoms with Gasteiger partial charge in [-0.15, -0.1) is 0 Å². The Labute approximate surface area is 131 Å². The molecule has 4 nitrogen and oxygen atoms in total. The molecule has 0 bridgehead atoms. The molecule has 118 valence electrons. The number of ether oxygens (including phenoxy) is 1. The standard InChI is InChI=1S/C18H24N2O2/c1-5-10-20-16(8-7-14(13(3)19)18(20)21)15-11-12(2)6-9-17(15)22-4/h6-9,11,13H,5,10,19H2,1-4H3. The van der Waals surface area contributed by atoms with Gasteiger partial charge in [-0.1, -0.05) is 18.6 Å². The van der Waals surface area contributed by atoms with Crippen molar-refractivity contribution in [1.29, 1.82) is 0 Å². The topological polar surface area (TPSA) is 57.2 Å². The Morgan fingerprint density at radius 2 is 2.00 bits per heavy atom. The van der Waals surface area contributed by atoms with Crippen LogP contribution in [0.2, 0.25) is 0 Å². The summed E-state index contributed by atoms with van der Waals surface area (Å²) >= 11 is 0. The second kappa shape index (κ2) is 6.79. The molecule has 0 aliphatic heterocycles. The Bertz CT molecular complexity index is 718. The Balaban J connectivity index is 2.73. The van der Waals surface area contributed by atoms with Crippen LogP contribution >= 0.6 is 0 Å².